The zero-order valence-corrected chi connectivity index (χ0v) is 17.4. The van der Waals surface area contributed by atoms with Gasteiger partial charge in [-0.3, -0.25) is 9.59 Å². The summed E-state index contributed by atoms with van der Waals surface area (Å²) in [5.41, 5.74) is 0.893. The van der Waals surface area contributed by atoms with E-state index in [0.717, 1.165) is 10.5 Å². The van der Waals surface area contributed by atoms with E-state index in [-0.39, 0.29) is 23.6 Å². The fourth-order valence-electron chi connectivity index (χ4n) is 2.56. The molecule has 0 saturated heterocycles. The molecular weight excluding hydrogens is 380 g/mol. The Labute approximate surface area is 170 Å². The summed E-state index contributed by atoms with van der Waals surface area (Å²) in [6.07, 6.45) is 0. The number of thioether (sulfide) groups is 1. The first-order valence-corrected chi connectivity index (χ1v) is 10.3. The number of nitrogens with zero attached hydrogens (tertiary/aromatic N) is 1. The van der Waals surface area contributed by atoms with Crippen LogP contribution in [0.3, 0.4) is 0 Å². The van der Waals surface area contributed by atoms with Crippen molar-refractivity contribution in [3.63, 3.8) is 0 Å². The van der Waals surface area contributed by atoms with Crippen LogP contribution in [0.1, 0.15) is 26.3 Å². The molecule has 0 radical (unpaired) electrons. The van der Waals surface area contributed by atoms with Gasteiger partial charge in [0.05, 0.1) is 5.75 Å². The van der Waals surface area contributed by atoms with Crippen LogP contribution in [0.2, 0.25) is 5.02 Å². The maximum Gasteiger partial charge on any atom is 0.242 e. The van der Waals surface area contributed by atoms with E-state index in [2.05, 4.69) is 5.32 Å². The van der Waals surface area contributed by atoms with Crippen molar-refractivity contribution >= 4 is 35.2 Å². The minimum atomic E-state index is -0.574. The molecule has 1 N–H and O–H groups in total. The van der Waals surface area contributed by atoms with Gasteiger partial charge in [-0.15, -0.1) is 11.8 Å². The Kier molecular flexibility index (Phi) is 8.20. The van der Waals surface area contributed by atoms with Gasteiger partial charge >= 0.3 is 0 Å². The van der Waals surface area contributed by atoms with Crippen LogP contribution < -0.4 is 5.32 Å². The highest BCUT2D eigenvalue weighted by Gasteiger charge is 2.26. The molecule has 144 valence electrons. The van der Waals surface area contributed by atoms with Crippen molar-refractivity contribution in [1.82, 2.24) is 10.2 Å². The largest absolute Gasteiger partial charge is 0.352 e. The SMILES string of the molecule is CC(C)NC(=O)[C@@H](C)N(Cc1cccc(Cl)c1)C(=O)CSc1ccccc1. The molecule has 0 fully saturated rings. The molecule has 0 aromatic heterocycles. The van der Waals surface area contributed by atoms with E-state index in [1.807, 2.05) is 62.4 Å². The zero-order chi connectivity index (χ0) is 19.8. The lowest BCUT2D eigenvalue weighted by atomic mass is 10.1. The average molecular weight is 405 g/mol. The Hall–Kier alpha value is -1.98. The summed E-state index contributed by atoms with van der Waals surface area (Å²) in [6, 6.07) is 16.6. The predicted molar refractivity (Wildman–Crippen MR) is 112 cm³/mol. The molecule has 0 aliphatic rings. The van der Waals surface area contributed by atoms with Crippen LogP contribution in [-0.4, -0.2) is 34.6 Å². The Morgan fingerprint density at radius 3 is 2.41 bits per heavy atom. The molecule has 0 unspecified atom stereocenters. The van der Waals surface area contributed by atoms with E-state index >= 15 is 0 Å². The van der Waals surface area contributed by atoms with Gasteiger partial charge in [-0.1, -0.05) is 41.9 Å². The van der Waals surface area contributed by atoms with E-state index < -0.39 is 6.04 Å². The van der Waals surface area contributed by atoms with Gasteiger partial charge in [0.25, 0.3) is 0 Å². The van der Waals surface area contributed by atoms with Crippen molar-refractivity contribution in [2.45, 2.75) is 44.3 Å². The van der Waals surface area contributed by atoms with E-state index in [1.165, 1.54) is 11.8 Å². The second-order valence-electron chi connectivity index (χ2n) is 6.59. The Balaban J connectivity index is 2.14. The van der Waals surface area contributed by atoms with Crippen LogP contribution in [0.25, 0.3) is 0 Å². The molecule has 4 nitrogen and oxygen atoms in total. The van der Waals surface area contributed by atoms with Crippen molar-refractivity contribution in [1.29, 1.82) is 0 Å². The second kappa shape index (κ2) is 10.4. The molecule has 0 bridgehead atoms. The molecule has 2 rings (SSSR count). The van der Waals surface area contributed by atoms with E-state index in [0.29, 0.717) is 11.6 Å². The highest BCUT2D eigenvalue weighted by Crippen LogP contribution is 2.20. The third kappa shape index (κ3) is 6.92. The number of halogens is 1. The van der Waals surface area contributed by atoms with Crippen molar-refractivity contribution in [2.75, 3.05) is 5.75 Å². The molecular formula is C21H25ClN2O2S. The molecule has 2 aromatic rings. The molecule has 0 aliphatic heterocycles. The fraction of sp³-hybridized carbons (Fsp3) is 0.333. The Bertz CT molecular complexity index is 768. The predicted octanol–water partition coefficient (Wildman–Crippen LogP) is 4.37. The average Bonchev–Trinajstić information content (AvgIpc) is 2.64. The number of hydrogen-bond donors (Lipinski definition) is 1. The van der Waals surface area contributed by atoms with E-state index in [4.69, 9.17) is 11.6 Å². The highest BCUT2D eigenvalue weighted by molar-refractivity contribution is 8.00. The van der Waals surface area contributed by atoms with Crippen LogP contribution in [0, 0.1) is 0 Å². The third-order valence-corrected chi connectivity index (χ3v) is 5.18. The summed E-state index contributed by atoms with van der Waals surface area (Å²) in [7, 11) is 0. The molecule has 0 spiro atoms. The summed E-state index contributed by atoms with van der Waals surface area (Å²) in [6.45, 7) is 5.90. The van der Waals surface area contributed by atoms with Gasteiger partial charge in [0.15, 0.2) is 0 Å². The quantitative estimate of drug-likeness (QED) is 0.664. The highest BCUT2D eigenvalue weighted by atomic mass is 35.5. The molecule has 6 heteroatoms. The fourth-order valence-corrected chi connectivity index (χ4v) is 3.58. The molecule has 0 aliphatic carbocycles. The number of hydrogen-bond acceptors (Lipinski definition) is 3. The number of amides is 2. The van der Waals surface area contributed by atoms with Crippen molar-refractivity contribution in [3.8, 4) is 0 Å². The van der Waals surface area contributed by atoms with Gasteiger partial charge in [0.1, 0.15) is 6.04 Å². The van der Waals surface area contributed by atoms with Crippen LogP contribution >= 0.6 is 23.4 Å². The lowest BCUT2D eigenvalue weighted by molar-refractivity contribution is -0.138. The Morgan fingerprint density at radius 1 is 1.07 bits per heavy atom. The molecule has 27 heavy (non-hydrogen) atoms. The molecule has 2 aromatic carbocycles. The lowest BCUT2D eigenvalue weighted by Gasteiger charge is -2.29. The summed E-state index contributed by atoms with van der Waals surface area (Å²) in [4.78, 5) is 28.1. The summed E-state index contributed by atoms with van der Waals surface area (Å²) in [5, 5.41) is 3.49. The minimum Gasteiger partial charge on any atom is -0.352 e. The van der Waals surface area contributed by atoms with Gasteiger partial charge < -0.3 is 10.2 Å². The number of benzene rings is 2. The number of carbonyl (C=O) groups excluding carboxylic acids is 2. The van der Waals surface area contributed by atoms with Crippen molar-refractivity contribution in [3.05, 3.63) is 65.2 Å². The smallest absolute Gasteiger partial charge is 0.242 e. The van der Waals surface area contributed by atoms with E-state index in [1.54, 1.807) is 17.9 Å². The first-order chi connectivity index (χ1) is 12.9. The maximum absolute atomic E-state index is 12.9. The number of carbonyl (C=O) groups is 2. The van der Waals surface area contributed by atoms with Gasteiger partial charge in [0.2, 0.25) is 11.8 Å². The summed E-state index contributed by atoms with van der Waals surface area (Å²) in [5.74, 6) is 0.0180. The van der Waals surface area contributed by atoms with Crippen LogP contribution in [0.5, 0.6) is 0 Å². The second-order valence-corrected chi connectivity index (χ2v) is 8.08. The number of rotatable bonds is 8. The van der Waals surface area contributed by atoms with E-state index in [9.17, 15) is 9.59 Å². The van der Waals surface area contributed by atoms with Crippen LogP contribution in [0.4, 0.5) is 0 Å². The topological polar surface area (TPSA) is 49.4 Å². The maximum atomic E-state index is 12.9. The molecule has 1 atom stereocenters. The first-order valence-electron chi connectivity index (χ1n) is 8.89. The van der Waals surface area contributed by atoms with Gasteiger partial charge in [-0.25, -0.2) is 0 Å². The number of nitrogens with one attached hydrogen (secondary N) is 1. The van der Waals surface area contributed by atoms with Crippen LogP contribution in [-0.2, 0) is 16.1 Å². The Morgan fingerprint density at radius 2 is 1.78 bits per heavy atom. The van der Waals surface area contributed by atoms with Gasteiger partial charge in [-0.2, -0.15) is 0 Å². The first kappa shape index (κ1) is 21.3. The molecule has 0 heterocycles. The normalized spacial score (nSPS) is 11.9. The standard InChI is InChI=1S/C21H25ClN2O2S/c1-15(2)23-21(26)16(3)24(13-17-8-7-9-18(22)12-17)20(25)14-27-19-10-5-4-6-11-19/h4-12,15-16H,13-14H2,1-3H3,(H,23,26)/t16-/m1/s1. The van der Waals surface area contributed by atoms with Crippen molar-refractivity contribution in [2.24, 2.45) is 0 Å². The van der Waals surface area contributed by atoms with Crippen LogP contribution in [0.15, 0.2) is 59.5 Å². The monoisotopic (exact) mass is 404 g/mol. The summed E-state index contributed by atoms with van der Waals surface area (Å²) >= 11 is 7.54. The van der Waals surface area contributed by atoms with Gasteiger partial charge in [-0.05, 0) is 50.6 Å². The minimum absolute atomic E-state index is 0.0155. The molecule has 2 amide bonds. The summed E-state index contributed by atoms with van der Waals surface area (Å²) < 4.78 is 0. The lowest BCUT2D eigenvalue weighted by Crippen LogP contribution is -2.49. The third-order valence-electron chi connectivity index (χ3n) is 3.95. The van der Waals surface area contributed by atoms with Gasteiger partial charge in [0, 0.05) is 22.5 Å². The zero-order valence-electron chi connectivity index (χ0n) is 15.8. The van der Waals surface area contributed by atoms with Crippen molar-refractivity contribution < 1.29 is 9.59 Å². The molecule has 0 saturated carbocycles.